The fourth-order valence-corrected chi connectivity index (χ4v) is 4.92. The van der Waals surface area contributed by atoms with E-state index in [-0.39, 0.29) is 46.1 Å². The second-order valence-electron chi connectivity index (χ2n) is 8.14. The number of aromatic nitrogens is 2. The highest BCUT2D eigenvalue weighted by Gasteiger charge is 2.32. The minimum atomic E-state index is -2.99. The number of para-hydroxylation sites is 1. The van der Waals surface area contributed by atoms with Gasteiger partial charge in [-0.05, 0) is 48.0 Å². The Morgan fingerprint density at radius 1 is 1.19 bits per heavy atom. The summed E-state index contributed by atoms with van der Waals surface area (Å²) >= 11 is 6.28. The van der Waals surface area contributed by atoms with Crippen LogP contribution in [0.15, 0.2) is 54.6 Å². The van der Waals surface area contributed by atoms with Gasteiger partial charge in [-0.3, -0.25) is 4.79 Å². The van der Waals surface area contributed by atoms with Crippen molar-refractivity contribution in [1.82, 2.24) is 9.19 Å². The van der Waals surface area contributed by atoms with Crippen molar-refractivity contribution < 1.29 is 22.3 Å². The van der Waals surface area contributed by atoms with Gasteiger partial charge in [0.2, 0.25) is 16.8 Å². The number of nitrogens with zero attached hydrogens (tertiary/aromatic N) is 4. The van der Waals surface area contributed by atoms with Gasteiger partial charge in [-0.2, -0.15) is 9.35 Å². The quantitative estimate of drug-likeness (QED) is 0.377. The third-order valence-electron chi connectivity index (χ3n) is 5.99. The molecule has 0 radical (unpaired) electrons. The van der Waals surface area contributed by atoms with E-state index in [1.807, 2.05) is 6.07 Å². The van der Waals surface area contributed by atoms with Crippen LogP contribution < -0.4 is 15.4 Å². The van der Waals surface area contributed by atoms with Crippen LogP contribution in [0.4, 0.5) is 15.9 Å². The Morgan fingerprint density at radius 3 is 2.75 bits per heavy atom. The molecule has 2 heterocycles. The number of anilines is 2. The number of carbonyl (C=O) groups excluding carboxylic acids is 1. The molecule has 1 saturated heterocycles. The van der Waals surface area contributed by atoms with Crippen LogP contribution in [0.3, 0.4) is 0 Å². The molecular formula is C24H17ClFN5O4S. The maximum Gasteiger partial charge on any atom is 0.244 e. The SMILES string of the molecule is N#Cc1cccc(F)c1Oc1cc([C@H]2CC(=O)N(c3ccc4c(c3)c(N)nn4[SH](=O)=O)C2)ccc1Cl. The number of hydrogen-bond donors (Lipinski definition) is 2. The van der Waals surface area contributed by atoms with Crippen molar-refractivity contribution in [2.75, 3.05) is 17.2 Å². The van der Waals surface area contributed by atoms with E-state index in [2.05, 4.69) is 5.10 Å². The summed E-state index contributed by atoms with van der Waals surface area (Å²) in [4.78, 5) is 14.5. The zero-order valence-corrected chi connectivity index (χ0v) is 20.0. The molecule has 1 fully saturated rings. The lowest BCUT2D eigenvalue weighted by atomic mass is 9.98. The number of nitrogen functional groups attached to an aromatic ring is 1. The molecule has 1 aliphatic rings. The van der Waals surface area contributed by atoms with Gasteiger partial charge in [0.25, 0.3) is 0 Å². The average Bonchev–Trinajstić information content (AvgIpc) is 3.41. The summed E-state index contributed by atoms with van der Waals surface area (Å²) in [6.45, 7) is 0.332. The Kier molecular flexibility index (Phi) is 5.99. The van der Waals surface area contributed by atoms with Crippen LogP contribution in [-0.4, -0.2) is 30.1 Å². The number of thiol groups is 1. The first-order chi connectivity index (χ1) is 17.3. The smallest absolute Gasteiger partial charge is 0.244 e. The summed E-state index contributed by atoms with van der Waals surface area (Å²) in [6.07, 6.45) is 0.198. The number of ether oxygens (including phenoxy) is 1. The molecule has 0 spiro atoms. The second-order valence-corrected chi connectivity index (χ2v) is 9.40. The van der Waals surface area contributed by atoms with Crippen LogP contribution >= 0.6 is 11.6 Å². The standard InChI is InChI=1S/C24H17ClFN5O4S/c25-18-6-4-13(8-21(18)35-23-14(11-27)2-1-3-19(23)26)15-9-22(32)30(12-15)16-5-7-20-17(10-16)24(28)29-31(20)36(33)34/h1-8,10,15,36H,9,12H2,(H2,28,29)/t15-/m0/s1. The second kappa shape index (κ2) is 9.14. The molecule has 182 valence electrons. The summed E-state index contributed by atoms with van der Waals surface area (Å²) in [5, 5.41) is 13.8. The summed E-state index contributed by atoms with van der Waals surface area (Å²) in [6, 6.07) is 15.7. The van der Waals surface area contributed by atoms with Crippen molar-refractivity contribution in [1.29, 1.82) is 5.26 Å². The lowest BCUT2D eigenvalue weighted by Crippen LogP contribution is -2.24. The van der Waals surface area contributed by atoms with Crippen LogP contribution in [0.25, 0.3) is 10.9 Å². The van der Waals surface area contributed by atoms with Crippen LogP contribution in [-0.2, 0) is 15.7 Å². The largest absolute Gasteiger partial charge is 0.451 e. The zero-order valence-electron chi connectivity index (χ0n) is 18.4. The number of nitrogens with two attached hydrogens (primary N) is 1. The molecule has 0 saturated carbocycles. The zero-order chi connectivity index (χ0) is 25.6. The number of halogens is 2. The molecule has 5 rings (SSSR count). The van der Waals surface area contributed by atoms with Gasteiger partial charge in [-0.25, -0.2) is 12.8 Å². The molecule has 3 aromatic carbocycles. The first-order valence-corrected chi connectivity index (χ1v) is 12.2. The van der Waals surface area contributed by atoms with Crippen LogP contribution in [0.2, 0.25) is 5.02 Å². The topological polar surface area (TPSA) is 131 Å². The molecule has 1 atom stereocenters. The first-order valence-electron chi connectivity index (χ1n) is 10.7. The van der Waals surface area contributed by atoms with Crippen LogP contribution in [0.1, 0.15) is 23.5 Å². The number of hydrogen-bond acceptors (Lipinski definition) is 7. The summed E-state index contributed by atoms with van der Waals surface area (Å²) in [5.74, 6) is -1.08. The molecule has 12 heteroatoms. The number of fused-ring (bicyclic) bond motifs is 1. The number of amides is 1. The number of carbonyl (C=O) groups is 1. The van der Waals surface area contributed by atoms with Crippen LogP contribution in [0, 0.1) is 17.1 Å². The van der Waals surface area contributed by atoms with Gasteiger partial charge in [0.1, 0.15) is 11.8 Å². The monoisotopic (exact) mass is 525 g/mol. The van der Waals surface area contributed by atoms with Gasteiger partial charge in [0.05, 0.1) is 16.1 Å². The molecule has 1 amide bonds. The van der Waals surface area contributed by atoms with Gasteiger partial charge in [-0.15, -0.1) is 5.10 Å². The van der Waals surface area contributed by atoms with Crippen molar-refractivity contribution in [2.45, 2.75) is 12.3 Å². The Hall–Kier alpha value is -4.14. The van der Waals surface area contributed by atoms with E-state index in [9.17, 15) is 22.9 Å². The van der Waals surface area contributed by atoms with Gasteiger partial charge in [0.15, 0.2) is 17.4 Å². The lowest BCUT2D eigenvalue weighted by molar-refractivity contribution is -0.117. The van der Waals surface area contributed by atoms with Crippen molar-refractivity contribution in [3.8, 4) is 17.6 Å². The third kappa shape index (κ3) is 4.10. The van der Waals surface area contributed by atoms with Crippen molar-refractivity contribution >= 4 is 50.8 Å². The third-order valence-corrected chi connectivity index (χ3v) is 6.92. The fraction of sp³-hybridized carbons (Fsp3) is 0.125. The van der Waals surface area contributed by atoms with Crippen molar-refractivity contribution in [2.24, 2.45) is 0 Å². The average molecular weight is 526 g/mol. The molecule has 9 nitrogen and oxygen atoms in total. The highest BCUT2D eigenvalue weighted by molar-refractivity contribution is 7.70. The van der Waals surface area contributed by atoms with E-state index in [4.69, 9.17) is 22.1 Å². The number of nitriles is 1. The van der Waals surface area contributed by atoms with Crippen molar-refractivity contribution in [3.05, 3.63) is 76.6 Å². The maximum absolute atomic E-state index is 14.3. The Morgan fingerprint density at radius 2 is 2.00 bits per heavy atom. The summed E-state index contributed by atoms with van der Waals surface area (Å²) < 4.78 is 43.6. The van der Waals surface area contributed by atoms with E-state index in [1.54, 1.807) is 41.3 Å². The highest BCUT2D eigenvalue weighted by atomic mass is 35.5. The van der Waals surface area contributed by atoms with E-state index >= 15 is 0 Å². The Balaban J connectivity index is 1.44. The number of rotatable bonds is 5. The van der Waals surface area contributed by atoms with Gasteiger partial charge in [0, 0.05) is 30.0 Å². The van der Waals surface area contributed by atoms with E-state index in [0.717, 1.165) is 9.65 Å². The highest BCUT2D eigenvalue weighted by Crippen LogP contribution is 2.39. The minimum absolute atomic E-state index is 0.0261. The maximum atomic E-state index is 14.3. The molecule has 1 aliphatic heterocycles. The van der Waals surface area contributed by atoms with Gasteiger partial charge < -0.3 is 15.4 Å². The molecule has 2 N–H and O–H groups in total. The molecule has 36 heavy (non-hydrogen) atoms. The van der Waals surface area contributed by atoms with Gasteiger partial charge >= 0.3 is 0 Å². The normalized spacial score (nSPS) is 15.6. The predicted molar refractivity (Wildman–Crippen MR) is 132 cm³/mol. The first kappa shape index (κ1) is 23.6. The molecular weight excluding hydrogens is 509 g/mol. The number of benzene rings is 3. The van der Waals surface area contributed by atoms with E-state index in [1.165, 1.54) is 18.2 Å². The molecule has 0 unspecified atom stereocenters. The molecule has 4 aromatic rings. The molecule has 0 aliphatic carbocycles. The fourth-order valence-electron chi connectivity index (χ4n) is 4.25. The van der Waals surface area contributed by atoms with E-state index in [0.29, 0.717) is 23.1 Å². The van der Waals surface area contributed by atoms with E-state index < -0.39 is 16.7 Å². The predicted octanol–water partition coefficient (Wildman–Crippen LogP) is 3.97. The summed E-state index contributed by atoms with van der Waals surface area (Å²) in [5.41, 5.74) is 7.53. The van der Waals surface area contributed by atoms with Crippen LogP contribution in [0.5, 0.6) is 11.5 Å². The Bertz CT molecular complexity index is 1650. The molecule has 1 aromatic heterocycles. The van der Waals surface area contributed by atoms with Crippen molar-refractivity contribution in [3.63, 3.8) is 0 Å². The molecule has 0 bridgehead atoms. The lowest BCUT2D eigenvalue weighted by Gasteiger charge is -2.18. The van der Waals surface area contributed by atoms with Gasteiger partial charge in [-0.1, -0.05) is 23.7 Å². The Labute approximate surface area is 211 Å². The minimum Gasteiger partial charge on any atom is -0.451 e. The summed E-state index contributed by atoms with van der Waals surface area (Å²) in [7, 11) is -2.99.